The molecule has 6 nitrogen and oxygen atoms in total. The molecule has 0 atom stereocenters. The van der Waals surface area contributed by atoms with E-state index in [1.807, 2.05) is 12.1 Å². The zero-order valence-corrected chi connectivity index (χ0v) is 13.1. The molecule has 0 radical (unpaired) electrons. The van der Waals surface area contributed by atoms with Crippen LogP contribution >= 0.6 is 11.6 Å². The fraction of sp³-hybridized carbons (Fsp3) is 0.0588. The second-order valence-electron chi connectivity index (χ2n) is 4.95. The van der Waals surface area contributed by atoms with Crippen LogP contribution in [0.2, 0.25) is 0 Å². The molecule has 2 aromatic rings. The molecule has 0 amide bonds. The molecule has 0 saturated heterocycles. The molecule has 0 spiro atoms. The number of hydrogen-bond donors (Lipinski definition) is 0. The smallest absolute Gasteiger partial charge is 0.363 e. The van der Waals surface area contributed by atoms with Crippen molar-refractivity contribution in [1.82, 2.24) is 0 Å². The van der Waals surface area contributed by atoms with E-state index in [1.165, 1.54) is 0 Å². The number of benzene rings is 2. The fourth-order valence-electron chi connectivity index (χ4n) is 2.12. The molecule has 24 heavy (non-hydrogen) atoms. The first kappa shape index (κ1) is 15.8. The Morgan fingerprint density at radius 1 is 1.17 bits per heavy atom. The average Bonchev–Trinajstić information content (AvgIpc) is 2.98. The predicted octanol–water partition coefficient (Wildman–Crippen LogP) is 4.71. The van der Waals surface area contributed by atoms with Crippen molar-refractivity contribution in [3.63, 3.8) is 0 Å². The number of rotatable bonds is 4. The van der Waals surface area contributed by atoms with Gasteiger partial charge in [0.15, 0.2) is 5.70 Å². The molecule has 0 aromatic heterocycles. The second-order valence-corrected chi connectivity index (χ2v) is 5.21. The van der Waals surface area contributed by atoms with Gasteiger partial charge >= 0.3 is 5.97 Å². The number of carbonyl (C=O) groups excluding carboxylic acids is 1. The third kappa shape index (κ3) is 3.46. The van der Waals surface area contributed by atoms with E-state index in [4.69, 9.17) is 21.9 Å². The lowest BCUT2D eigenvalue weighted by Gasteiger charge is -2.00. The zero-order chi connectivity index (χ0) is 16.9. The van der Waals surface area contributed by atoms with E-state index in [9.17, 15) is 4.79 Å². The molecule has 1 heterocycles. The summed E-state index contributed by atoms with van der Waals surface area (Å²) in [6.07, 6.45) is 1.61. The van der Waals surface area contributed by atoms with Crippen molar-refractivity contribution in [2.24, 2.45) is 10.1 Å². The molecule has 2 aromatic carbocycles. The number of alkyl halides is 1. The molecular formula is C17H11ClN4O2. The van der Waals surface area contributed by atoms with Gasteiger partial charge in [-0.25, -0.2) is 9.79 Å². The normalized spacial score (nSPS) is 15.0. The second kappa shape index (κ2) is 7.00. The van der Waals surface area contributed by atoms with Crippen LogP contribution in [-0.2, 0) is 15.4 Å². The van der Waals surface area contributed by atoms with Gasteiger partial charge < -0.3 is 4.74 Å². The van der Waals surface area contributed by atoms with Crippen LogP contribution in [0.3, 0.4) is 0 Å². The highest BCUT2D eigenvalue weighted by Gasteiger charge is 2.23. The molecule has 1 aliphatic heterocycles. The highest BCUT2D eigenvalue weighted by atomic mass is 35.5. The number of esters is 1. The zero-order valence-electron chi connectivity index (χ0n) is 12.4. The van der Waals surface area contributed by atoms with Gasteiger partial charge in [-0.3, -0.25) is 0 Å². The maximum Gasteiger partial charge on any atom is 0.363 e. The molecule has 0 unspecified atom stereocenters. The summed E-state index contributed by atoms with van der Waals surface area (Å²) in [5.41, 5.74) is 11.5. The minimum atomic E-state index is -0.509. The van der Waals surface area contributed by atoms with Gasteiger partial charge in [-0.2, -0.15) is 0 Å². The van der Waals surface area contributed by atoms with Gasteiger partial charge in [-0.1, -0.05) is 41.5 Å². The third-order valence-corrected chi connectivity index (χ3v) is 3.64. The summed E-state index contributed by atoms with van der Waals surface area (Å²) >= 11 is 5.76. The van der Waals surface area contributed by atoms with E-state index in [0.29, 0.717) is 17.1 Å². The van der Waals surface area contributed by atoms with E-state index in [1.54, 1.807) is 42.5 Å². The number of halogens is 1. The number of carbonyl (C=O) groups is 1. The quantitative estimate of drug-likeness (QED) is 0.202. The topological polar surface area (TPSA) is 87.4 Å². The van der Waals surface area contributed by atoms with Crippen LogP contribution in [0.15, 0.2) is 64.3 Å². The summed E-state index contributed by atoms with van der Waals surface area (Å²) in [4.78, 5) is 18.9. The van der Waals surface area contributed by atoms with Crippen LogP contribution in [0.1, 0.15) is 16.7 Å². The van der Waals surface area contributed by atoms with E-state index >= 15 is 0 Å². The number of nitrogens with zero attached hydrogens (tertiary/aromatic N) is 4. The fourth-order valence-corrected chi connectivity index (χ4v) is 2.29. The van der Waals surface area contributed by atoms with Gasteiger partial charge in [-0.15, -0.1) is 11.6 Å². The first-order chi connectivity index (χ1) is 11.7. The van der Waals surface area contributed by atoms with Gasteiger partial charge in [0.05, 0.1) is 0 Å². The minimum absolute atomic E-state index is 0.211. The van der Waals surface area contributed by atoms with Crippen LogP contribution in [-0.4, -0.2) is 11.9 Å². The molecule has 7 heteroatoms. The standard InChI is InChI=1S/C17H11ClN4O2/c18-10-12-1-5-13(6-2-12)16-20-15(17(23)24-16)9-11-3-7-14(8-4-11)21-22-19/h1-9H,10H2/b15-9+. The van der Waals surface area contributed by atoms with Crippen molar-refractivity contribution in [2.75, 3.05) is 0 Å². The highest BCUT2D eigenvalue weighted by molar-refractivity contribution is 6.17. The molecule has 1 aliphatic rings. The third-order valence-electron chi connectivity index (χ3n) is 3.33. The Morgan fingerprint density at radius 3 is 2.50 bits per heavy atom. The molecule has 0 bridgehead atoms. The van der Waals surface area contributed by atoms with Crippen LogP contribution in [0.5, 0.6) is 0 Å². The Kier molecular flexibility index (Phi) is 4.61. The van der Waals surface area contributed by atoms with Crippen molar-refractivity contribution in [3.8, 4) is 0 Å². The van der Waals surface area contributed by atoms with Crippen LogP contribution in [0, 0.1) is 0 Å². The molecule has 3 rings (SSSR count). The lowest BCUT2D eigenvalue weighted by Crippen LogP contribution is -2.05. The summed E-state index contributed by atoms with van der Waals surface area (Å²) < 4.78 is 5.21. The lowest BCUT2D eigenvalue weighted by atomic mass is 10.1. The summed E-state index contributed by atoms with van der Waals surface area (Å²) in [5, 5.41) is 3.49. The van der Waals surface area contributed by atoms with Gasteiger partial charge in [0.1, 0.15) is 0 Å². The van der Waals surface area contributed by atoms with Gasteiger partial charge in [-0.05, 0) is 34.9 Å². The Hall–Kier alpha value is -3.08. The van der Waals surface area contributed by atoms with E-state index in [2.05, 4.69) is 15.0 Å². The number of cyclic esters (lactones) is 1. The summed E-state index contributed by atoms with van der Waals surface area (Å²) in [5.74, 6) is 0.174. The summed E-state index contributed by atoms with van der Waals surface area (Å²) in [7, 11) is 0. The van der Waals surface area contributed by atoms with Crippen molar-refractivity contribution < 1.29 is 9.53 Å². The number of aliphatic imine (C=N–C) groups is 1. The largest absolute Gasteiger partial charge is 0.402 e. The van der Waals surface area contributed by atoms with Gasteiger partial charge in [0.25, 0.3) is 0 Å². The number of azide groups is 1. The average molecular weight is 339 g/mol. The molecule has 118 valence electrons. The monoisotopic (exact) mass is 338 g/mol. The highest BCUT2D eigenvalue weighted by Crippen LogP contribution is 2.21. The summed E-state index contributed by atoms with van der Waals surface area (Å²) in [6, 6.07) is 14.1. The van der Waals surface area contributed by atoms with Crippen LogP contribution in [0.25, 0.3) is 16.5 Å². The van der Waals surface area contributed by atoms with E-state index in [-0.39, 0.29) is 11.6 Å². The SMILES string of the molecule is [N-]=[N+]=Nc1ccc(/C=C2/N=C(c3ccc(CCl)cc3)OC2=O)cc1. The van der Waals surface area contributed by atoms with Crippen molar-refractivity contribution in [1.29, 1.82) is 0 Å². The van der Waals surface area contributed by atoms with E-state index < -0.39 is 5.97 Å². The Labute approximate surface area is 142 Å². The Morgan fingerprint density at radius 2 is 1.88 bits per heavy atom. The molecule has 0 aliphatic carbocycles. The first-order valence-electron chi connectivity index (χ1n) is 7.02. The lowest BCUT2D eigenvalue weighted by molar-refractivity contribution is -0.129. The number of ether oxygens (including phenoxy) is 1. The molecule has 0 saturated carbocycles. The predicted molar refractivity (Wildman–Crippen MR) is 91.9 cm³/mol. The van der Waals surface area contributed by atoms with Crippen LogP contribution in [0.4, 0.5) is 5.69 Å². The van der Waals surface area contributed by atoms with Gasteiger partial charge in [0.2, 0.25) is 5.90 Å². The van der Waals surface area contributed by atoms with Gasteiger partial charge in [0, 0.05) is 22.0 Å². The van der Waals surface area contributed by atoms with Crippen LogP contribution < -0.4 is 0 Å². The Bertz CT molecular complexity index is 880. The minimum Gasteiger partial charge on any atom is -0.402 e. The van der Waals surface area contributed by atoms with E-state index in [0.717, 1.165) is 11.1 Å². The number of hydrogen-bond acceptors (Lipinski definition) is 4. The van der Waals surface area contributed by atoms with Crippen molar-refractivity contribution in [3.05, 3.63) is 81.4 Å². The Balaban J connectivity index is 1.86. The summed E-state index contributed by atoms with van der Waals surface area (Å²) in [6.45, 7) is 0. The maximum absolute atomic E-state index is 12.0. The molecular weight excluding hydrogens is 328 g/mol. The molecule has 0 N–H and O–H groups in total. The molecule has 0 fully saturated rings. The maximum atomic E-state index is 12.0. The first-order valence-corrected chi connectivity index (χ1v) is 7.56. The van der Waals surface area contributed by atoms with Crippen molar-refractivity contribution >= 4 is 35.2 Å². The van der Waals surface area contributed by atoms with Crippen molar-refractivity contribution in [2.45, 2.75) is 5.88 Å².